The SMILES string of the molecule is COc1ccc(CN2C(=O)NC3C(SNC3c3ccccn3)C2=O)c(OC)c1. The smallest absolute Gasteiger partial charge is 0.324 e. The molecule has 2 N–H and O–H groups in total. The molecule has 3 heterocycles. The van der Waals surface area contributed by atoms with Gasteiger partial charge in [0.2, 0.25) is 5.91 Å². The first-order valence-electron chi connectivity index (χ1n) is 8.77. The van der Waals surface area contributed by atoms with Gasteiger partial charge in [0, 0.05) is 17.8 Å². The van der Waals surface area contributed by atoms with Crippen LogP contribution < -0.4 is 19.5 Å². The van der Waals surface area contributed by atoms with Gasteiger partial charge in [-0.3, -0.25) is 19.4 Å². The van der Waals surface area contributed by atoms with Crippen molar-refractivity contribution in [2.75, 3.05) is 14.2 Å². The summed E-state index contributed by atoms with van der Waals surface area (Å²) in [5.41, 5.74) is 1.52. The molecule has 2 saturated heterocycles. The molecule has 28 heavy (non-hydrogen) atoms. The van der Waals surface area contributed by atoms with Crippen LogP contribution in [0, 0.1) is 0 Å². The molecule has 0 spiro atoms. The Balaban J connectivity index is 1.55. The van der Waals surface area contributed by atoms with Gasteiger partial charge in [-0.05, 0) is 24.3 Å². The normalized spacial score (nSPS) is 23.9. The van der Waals surface area contributed by atoms with Crippen LogP contribution >= 0.6 is 11.9 Å². The molecule has 0 radical (unpaired) electrons. The van der Waals surface area contributed by atoms with Crippen molar-refractivity contribution in [2.45, 2.75) is 23.9 Å². The molecule has 4 rings (SSSR count). The third kappa shape index (κ3) is 3.27. The van der Waals surface area contributed by atoms with Crippen LogP contribution in [0.15, 0.2) is 42.6 Å². The summed E-state index contributed by atoms with van der Waals surface area (Å²) in [5.74, 6) is 0.969. The van der Waals surface area contributed by atoms with Crippen LogP contribution in [0.5, 0.6) is 11.5 Å². The molecule has 2 fully saturated rings. The summed E-state index contributed by atoms with van der Waals surface area (Å²) >= 11 is 1.32. The number of fused-ring (bicyclic) bond motifs is 1. The highest BCUT2D eigenvalue weighted by atomic mass is 32.2. The second kappa shape index (κ2) is 7.69. The van der Waals surface area contributed by atoms with E-state index in [1.165, 1.54) is 16.8 Å². The summed E-state index contributed by atoms with van der Waals surface area (Å²) in [6.07, 6.45) is 1.70. The van der Waals surface area contributed by atoms with E-state index in [2.05, 4.69) is 15.0 Å². The second-order valence-corrected chi connectivity index (χ2v) is 7.45. The Hall–Kier alpha value is -2.78. The fourth-order valence-electron chi connectivity index (χ4n) is 3.41. The maximum absolute atomic E-state index is 13.0. The number of carbonyl (C=O) groups excluding carboxylic acids is 2. The Kier molecular flexibility index (Phi) is 5.10. The highest BCUT2D eigenvalue weighted by molar-refractivity contribution is 7.99. The van der Waals surface area contributed by atoms with Gasteiger partial charge in [0.15, 0.2) is 0 Å². The topological polar surface area (TPSA) is 92.8 Å². The molecule has 2 aromatic rings. The first-order valence-corrected chi connectivity index (χ1v) is 9.65. The summed E-state index contributed by atoms with van der Waals surface area (Å²) in [5, 5.41) is 2.54. The number of amides is 3. The molecule has 3 atom stereocenters. The number of rotatable bonds is 5. The molecule has 3 unspecified atom stereocenters. The number of ether oxygens (including phenoxy) is 2. The Bertz CT molecular complexity index is 895. The molecule has 0 bridgehead atoms. The summed E-state index contributed by atoms with van der Waals surface area (Å²) in [6, 6.07) is 9.90. The zero-order chi connectivity index (χ0) is 19.7. The highest BCUT2D eigenvalue weighted by Gasteiger charge is 2.50. The van der Waals surface area contributed by atoms with Gasteiger partial charge in [-0.25, -0.2) is 4.79 Å². The van der Waals surface area contributed by atoms with E-state index in [0.29, 0.717) is 11.5 Å². The predicted molar refractivity (Wildman–Crippen MR) is 104 cm³/mol. The van der Waals surface area contributed by atoms with Crippen LogP contribution in [-0.4, -0.2) is 47.3 Å². The van der Waals surface area contributed by atoms with Crippen LogP contribution in [0.25, 0.3) is 0 Å². The summed E-state index contributed by atoms with van der Waals surface area (Å²) in [6.45, 7) is 0.121. The van der Waals surface area contributed by atoms with E-state index in [4.69, 9.17) is 9.47 Å². The number of pyridine rings is 1. The minimum absolute atomic E-state index is 0.121. The lowest BCUT2D eigenvalue weighted by Crippen LogP contribution is -2.61. The second-order valence-electron chi connectivity index (χ2n) is 6.47. The van der Waals surface area contributed by atoms with E-state index in [1.807, 2.05) is 18.2 Å². The fourth-order valence-corrected chi connectivity index (χ4v) is 4.57. The van der Waals surface area contributed by atoms with E-state index >= 15 is 0 Å². The summed E-state index contributed by atoms with van der Waals surface area (Å²) in [4.78, 5) is 31.3. The number of hydrogen-bond donors (Lipinski definition) is 2. The van der Waals surface area contributed by atoms with Gasteiger partial charge >= 0.3 is 6.03 Å². The third-order valence-corrected chi connectivity index (χ3v) is 6.02. The first-order chi connectivity index (χ1) is 13.6. The molecular formula is C19H20N4O4S. The van der Waals surface area contributed by atoms with Gasteiger partial charge in [0.25, 0.3) is 0 Å². The number of nitrogens with zero attached hydrogens (tertiary/aromatic N) is 2. The van der Waals surface area contributed by atoms with Gasteiger partial charge in [0.05, 0.1) is 38.5 Å². The van der Waals surface area contributed by atoms with E-state index in [9.17, 15) is 9.59 Å². The molecule has 146 valence electrons. The van der Waals surface area contributed by atoms with Crippen LogP contribution in [0.1, 0.15) is 17.3 Å². The molecule has 2 aliphatic rings. The van der Waals surface area contributed by atoms with Crippen molar-refractivity contribution in [3.63, 3.8) is 0 Å². The van der Waals surface area contributed by atoms with Crippen LogP contribution in [0.4, 0.5) is 4.79 Å². The maximum atomic E-state index is 13.0. The number of urea groups is 1. The Labute approximate surface area is 166 Å². The number of carbonyl (C=O) groups is 2. The standard InChI is InChI=1S/C19H20N4O4S/c1-26-12-7-6-11(14(9-12)27-2)10-23-18(24)17-16(21-19(23)25)15(22-28-17)13-5-3-4-8-20-13/h3-9,15-17,22H,10H2,1-2H3,(H,21,25). The quantitative estimate of drug-likeness (QED) is 0.741. The largest absolute Gasteiger partial charge is 0.497 e. The zero-order valence-electron chi connectivity index (χ0n) is 15.4. The number of benzene rings is 1. The lowest BCUT2D eigenvalue weighted by Gasteiger charge is -2.34. The molecule has 0 saturated carbocycles. The van der Waals surface area contributed by atoms with Gasteiger partial charge < -0.3 is 14.8 Å². The summed E-state index contributed by atoms with van der Waals surface area (Å²) < 4.78 is 13.8. The molecule has 8 nitrogen and oxygen atoms in total. The predicted octanol–water partition coefficient (Wildman–Crippen LogP) is 1.88. The minimum Gasteiger partial charge on any atom is -0.497 e. The lowest BCUT2D eigenvalue weighted by molar-refractivity contribution is -0.130. The van der Waals surface area contributed by atoms with E-state index < -0.39 is 11.3 Å². The van der Waals surface area contributed by atoms with E-state index in [1.54, 1.807) is 38.6 Å². The van der Waals surface area contributed by atoms with Crippen LogP contribution in [0.3, 0.4) is 0 Å². The first kappa shape index (κ1) is 18.6. The minimum atomic E-state index is -0.422. The van der Waals surface area contributed by atoms with Crippen molar-refractivity contribution >= 4 is 23.9 Å². The molecule has 2 aliphatic heterocycles. The molecule has 1 aromatic heterocycles. The number of aromatic nitrogens is 1. The molecule has 3 amide bonds. The third-order valence-electron chi connectivity index (χ3n) is 4.88. The fraction of sp³-hybridized carbons (Fsp3) is 0.316. The van der Waals surface area contributed by atoms with Gasteiger partial charge in [-0.2, -0.15) is 0 Å². The molecule has 0 aliphatic carbocycles. The Morgan fingerprint density at radius 1 is 1.18 bits per heavy atom. The Morgan fingerprint density at radius 3 is 2.75 bits per heavy atom. The van der Waals surface area contributed by atoms with E-state index in [-0.39, 0.29) is 24.5 Å². The van der Waals surface area contributed by atoms with Crippen molar-refractivity contribution in [2.24, 2.45) is 0 Å². The maximum Gasteiger partial charge on any atom is 0.324 e. The van der Waals surface area contributed by atoms with Gasteiger partial charge in [0.1, 0.15) is 16.7 Å². The monoisotopic (exact) mass is 400 g/mol. The number of methoxy groups -OCH3 is 2. The highest BCUT2D eigenvalue weighted by Crippen LogP contribution is 2.37. The number of nitrogens with one attached hydrogen (secondary N) is 2. The molecular weight excluding hydrogens is 380 g/mol. The van der Waals surface area contributed by atoms with Crippen molar-refractivity contribution in [1.82, 2.24) is 19.9 Å². The van der Waals surface area contributed by atoms with Crippen LogP contribution in [0.2, 0.25) is 0 Å². The summed E-state index contributed by atoms with van der Waals surface area (Å²) in [7, 11) is 3.11. The Morgan fingerprint density at radius 2 is 2.04 bits per heavy atom. The van der Waals surface area contributed by atoms with E-state index in [0.717, 1.165) is 11.3 Å². The van der Waals surface area contributed by atoms with Gasteiger partial charge in [-0.15, -0.1) is 0 Å². The van der Waals surface area contributed by atoms with Crippen molar-refractivity contribution in [3.8, 4) is 11.5 Å². The molecule has 9 heteroatoms. The average Bonchev–Trinajstić information content (AvgIpc) is 3.15. The van der Waals surface area contributed by atoms with Crippen molar-refractivity contribution < 1.29 is 19.1 Å². The van der Waals surface area contributed by atoms with Gasteiger partial charge in [-0.1, -0.05) is 18.0 Å². The average molecular weight is 400 g/mol. The van der Waals surface area contributed by atoms with Crippen molar-refractivity contribution in [1.29, 1.82) is 0 Å². The molecule has 1 aromatic carbocycles. The lowest BCUT2D eigenvalue weighted by atomic mass is 9.99. The van der Waals surface area contributed by atoms with Crippen LogP contribution in [-0.2, 0) is 11.3 Å². The van der Waals surface area contributed by atoms with Crippen molar-refractivity contribution in [3.05, 3.63) is 53.9 Å². The number of hydrogen-bond acceptors (Lipinski definition) is 7. The zero-order valence-corrected chi connectivity index (χ0v) is 16.2. The number of imide groups is 1.